The van der Waals surface area contributed by atoms with E-state index in [-0.39, 0.29) is 0 Å². The molecule has 1 aromatic rings. The van der Waals surface area contributed by atoms with Gasteiger partial charge in [-0.25, -0.2) is 0 Å². The number of nitrogens with one attached hydrogen (secondary N) is 1. The van der Waals surface area contributed by atoms with E-state index in [0.717, 1.165) is 13.0 Å². The highest BCUT2D eigenvalue weighted by Crippen LogP contribution is 2.09. The van der Waals surface area contributed by atoms with Crippen molar-refractivity contribution in [2.24, 2.45) is 0 Å². The molecule has 0 saturated carbocycles. The van der Waals surface area contributed by atoms with Crippen LogP contribution in [0.2, 0.25) is 0 Å². The summed E-state index contributed by atoms with van der Waals surface area (Å²) in [5.74, 6) is 0. The predicted octanol–water partition coefficient (Wildman–Crippen LogP) is 7.86. The minimum absolute atomic E-state index is 1.11. The Morgan fingerprint density at radius 3 is 1.81 bits per heavy atom. The first-order valence-corrected chi connectivity index (χ1v) is 11.8. The van der Waals surface area contributed by atoms with Crippen molar-refractivity contribution in [3.8, 4) is 0 Å². The van der Waals surface area contributed by atoms with Crippen LogP contribution >= 0.6 is 0 Å². The minimum Gasteiger partial charge on any atom is -0.316 e. The number of hydrogen-bond acceptors (Lipinski definition) is 1. The fourth-order valence-electron chi connectivity index (χ4n) is 3.50. The summed E-state index contributed by atoms with van der Waals surface area (Å²) >= 11 is 0. The summed E-state index contributed by atoms with van der Waals surface area (Å²) < 4.78 is 0. The monoisotopic (exact) mass is 371 g/mol. The highest BCUT2D eigenvalue weighted by Gasteiger charge is 1.93. The molecule has 1 nitrogen and oxygen atoms in total. The highest BCUT2D eigenvalue weighted by molar-refractivity contribution is 5.14. The van der Waals surface area contributed by atoms with E-state index < -0.39 is 0 Å². The standard InChI is InChI=1S/C26H45N/c1-2-3-4-5-6-7-8-9-10-11-12-13-14-15-16-20-24-27-25-23-26-21-18-17-19-22-26/h9-10,17-19,21-22,27H,2-8,11-16,20,23-25H2,1H3/b10-9-. The molecule has 0 heterocycles. The zero-order chi connectivity index (χ0) is 19.3. The van der Waals surface area contributed by atoms with Crippen LogP contribution in [0.3, 0.4) is 0 Å². The molecule has 0 fully saturated rings. The summed E-state index contributed by atoms with van der Waals surface area (Å²) in [5, 5.41) is 3.57. The Morgan fingerprint density at radius 1 is 0.630 bits per heavy atom. The van der Waals surface area contributed by atoms with Crippen LogP contribution in [-0.2, 0) is 6.42 Å². The average molecular weight is 372 g/mol. The third-order valence-corrected chi connectivity index (χ3v) is 5.30. The van der Waals surface area contributed by atoms with Gasteiger partial charge in [-0.3, -0.25) is 0 Å². The number of benzene rings is 1. The Bertz CT molecular complexity index is 423. The van der Waals surface area contributed by atoms with E-state index in [2.05, 4.69) is 54.7 Å². The van der Waals surface area contributed by atoms with Crippen molar-refractivity contribution in [3.63, 3.8) is 0 Å². The molecule has 154 valence electrons. The van der Waals surface area contributed by atoms with Gasteiger partial charge in [-0.15, -0.1) is 0 Å². The molecule has 1 heteroatoms. The fourth-order valence-corrected chi connectivity index (χ4v) is 3.50. The van der Waals surface area contributed by atoms with Crippen LogP contribution in [0.4, 0.5) is 0 Å². The normalized spacial score (nSPS) is 11.4. The molecule has 0 aliphatic rings. The van der Waals surface area contributed by atoms with Crippen molar-refractivity contribution in [1.82, 2.24) is 5.32 Å². The lowest BCUT2D eigenvalue weighted by atomic mass is 10.1. The van der Waals surface area contributed by atoms with Gasteiger partial charge in [0.25, 0.3) is 0 Å². The first-order valence-electron chi connectivity index (χ1n) is 11.8. The first kappa shape index (κ1) is 24.0. The van der Waals surface area contributed by atoms with Crippen LogP contribution in [0.1, 0.15) is 102 Å². The molecule has 0 aromatic heterocycles. The molecule has 0 amide bonds. The molecule has 0 aliphatic carbocycles. The summed E-state index contributed by atoms with van der Waals surface area (Å²) in [6, 6.07) is 10.8. The van der Waals surface area contributed by atoms with Gasteiger partial charge in [-0.2, -0.15) is 0 Å². The van der Waals surface area contributed by atoms with E-state index in [0.29, 0.717) is 0 Å². The van der Waals surface area contributed by atoms with E-state index in [1.807, 2.05) is 0 Å². The van der Waals surface area contributed by atoms with Gasteiger partial charge in [-0.05, 0) is 57.2 Å². The van der Waals surface area contributed by atoms with Gasteiger partial charge in [0.2, 0.25) is 0 Å². The maximum absolute atomic E-state index is 3.57. The molecular weight excluding hydrogens is 326 g/mol. The molecular formula is C26H45N. The molecule has 1 aromatic carbocycles. The molecule has 0 bridgehead atoms. The first-order chi connectivity index (χ1) is 13.4. The van der Waals surface area contributed by atoms with Gasteiger partial charge >= 0.3 is 0 Å². The lowest BCUT2D eigenvalue weighted by molar-refractivity contribution is 0.567. The smallest absolute Gasteiger partial charge is 0.000835 e. The predicted molar refractivity (Wildman–Crippen MR) is 122 cm³/mol. The number of rotatable bonds is 19. The third-order valence-electron chi connectivity index (χ3n) is 5.30. The summed E-state index contributed by atoms with van der Waals surface area (Å²) in [5.41, 5.74) is 1.44. The van der Waals surface area contributed by atoms with Gasteiger partial charge < -0.3 is 5.32 Å². The maximum atomic E-state index is 3.57. The van der Waals surface area contributed by atoms with Crippen LogP contribution in [0.5, 0.6) is 0 Å². The zero-order valence-electron chi connectivity index (χ0n) is 18.1. The molecule has 0 unspecified atom stereocenters. The molecule has 0 spiro atoms. The second-order valence-corrected chi connectivity index (χ2v) is 7.92. The zero-order valence-corrected chi connectivity index (χ0v) is 18.1. The van der Waals surface area contributed by atoms with Crippen molar-refractivity contribution < 1.29 is 0 Å². The van der Waals surface area contributed by atoms with Gasteiger partial charge in [0.05, 0.1) is 0 Å². The lowest BCUT2D eigenvalue weighted by Crippen LogP contribution is -2.18. The molecule has 1 N–H and O–H groups in total. The van der Waals surface area contributed by atoms with E-state index >= 15 is 0 Å². The van der Waals surface area contributed by atoms with Gasteiger partial charge in [0.15, 0.2) is 0 Å². The SMILES string of the molecule is CCCCCCCC/C=C\CCCCCCCCNCCc1ccccc1. The minimum atomic E-state index is 1.11. The van der Waals surface area contributed by atoms with Crippen LogP contribution in [-0.4, -0.2) is 13.1 Å². The summed E-state index contributed by atoms with van der Waals surface area (Å²) in [6.07, 6.45) is 25.3. The van der Waals surface area contributed by atoms with Gasteiger partial charge in [-0.1, -0.05) is 107 Å². The summed E-state index contributed by atoms with van der Waals surface area (Å²) in [4.78, 5) is 0. The Labute approximate surface area is 170 Å². The average Bonchev–Trinajstić information content (AvgIpc) is 2.70. The van der Waals surface area contributed by atoms with Crippen molar-refractivity contribution in [3.05, 3.63) is 48.0 Å². The molecule has 0 radical (unpaired) electrons. The molecule has 1 rings (SSSR count). The van der Waals surface area contributed by atoms with Crippen LogP contribution in [0, 0.1) is 0 Å². The summed E-state index contributed by atoms with van der Waals surface area (Å²) in [7, 11) is 0. The second kappa shape index (κ2) is 19.7. The van der Waals surface area contributed by atoms with Gasteiger partial charge in [0, 0.05) is 0 Å². The summed E-state index contributed by atoms with van der Waals surface area (Å²) in [6.45, 7) is 4.57. The van der Waals surface area contributed by atoms with E-state index in [1.165, 1.54) is 102 Å². The number of unbranched alkanes of at least 4 members (excludes halogenated alkanes) is 12. The molecule has 0 atom stereocenters. The van der Waals surface area contributed by atoms with Crippen LogP contribution < -0.4 is 5.32 Å². The largest absolute Gasteiger partial charge is 0.316 e. The fraction of sp³-hybridized carbons (Fsp3) is 0.692. The lowest BCUT2D eigenvalue weighted by Gasteiger charge is -2.05. The Hall–Kier alpha value is -1.08. The molecule has 0 saturated heterocycles. The number of hydrogen-bond donors (Lipinski definition) is 1. The maximum Gasteiger partial charge on any atom is -0.000835 e. The van der Waals surface area contributed by atoms with Crippen molar-refractivity contribution in [2.45, 2.75) is 103 Å². The van der Waals surface area contributed by atoms with E-state index in [9.17, 15) is 0 Å². The van der Waals surface area contributed by atoms with Crippen molar-refractivity contribution in [1.29, 1.82) is 0 Å². The molecule has 27 heavy (non-hydrogen) atoms. The van der Waals surface area contributed by atoms with Crippen molar-refractivity contribution in [2.75, 3.05) is 13.1 Å². The highest BCUT2D eigenvalue weighted by atomic mass is 14.8. The number of allylic oxidation sites excluding steroid dienone is 2. The van der Waals surface area contributed by atoms with Crippen molar-refractivity contribution >= 4 is 0 Å². The van der Waals surface area contributed by atoms with E-state index in [1.54, 1.807) is 0 Å². The van der Waals surface area contributed by atoms with Crippen LogP contribution in [0.25, 0.3) is 0 Å². The quantitative estimate of drug-likeness (QED) is 0.193. The topological polar surface area (TPSA) is 12.0 Å². The Morgan fingerprint density at radius 2 is 1.19 bits per heavy atom. The Balaban J connectivity index is 1.72. The molecule has 0 aliphatic heterocycles. The second-order valence-electron chi connectivity index (χ2n) is 7.92. The Kier molecular flexibility index (Phi) is 17.5. The van der Waals surface area contributed by atoms with Crippen LogP contribution in [0.15, 0.2) is 42.5 Å². The van der Waals surface area contributed by atoms with E-state index in [4.69, 9.17) is 0 Å². The van der Waals surface area contributed by atoms with Gasteiger partial charge in [0.1, 0.15) is 0 Å². The third kappa shape index (κ3) is 16.8.